The molecule has 2 bridgehead atoms. The molecular formula is C41H40Cl2N4O8. The number of fused-ring (bicyclic) bond motifs is 3. The summed E-state index contributed by atoms with van der Waals surface area (Å²) in [4.78, 5) is 37.5. The van der Waals surface area contributed by atoms with Gasteiger partial charge in [0.05, 0.1) is 30.3 Å². The number of oxazole rings is 1. The molecule has 286 valence electrons. The van der Waals surface area contributed by atoms with Gasteiger partial charge in [-0.15, -0.1) is 0 Å². The minimum atomic E-state index is -0.845. The van der Waals surface area contributed by atoms with Gasteiger partial charge in [-0.25, -0.2) is 14.6 Å². The number of ether oxygens (including phenoxy) is 5. The second-order valence-corrected chi connectivity index (χ2v) is 14.2. The van der Waals surface area contributed by atoms with E-state index < -0.39 is 24.2 Å². The van der Waals surface area contributed by atoms with Crippen molar-refractivity contribution in [2.75, 3.05) is 33.9 Å². The lowest BCUT2D eigenvalue weighted by atomic mass is 9.86. The number of amides is 1. The molecule has 0 unspecified atom stereocenters. The fourth-order valence-corrected chi connectivity index (χ4v) is 7.55. The van der Waals surface area contributed by atoms with Gasteiger partial charge in [0.25, 0.3) is 0 Å². The largest absolute Gasteiger partial charge is 0.493 e. The number of piperidine rings is 3. The van der Waals surface area contributed by atoms with Crippen molar-refractivity contribution < 1.29 is 37.7 Å². The van der Waals surface area contributed by atoms with E-state index in [4.69, 9.17) is 51.3 Å². The molecule has 0 radical (unpaired) electrons. The highest BCUT2D eigenvalue weighted by molar-refractivity contribution is 6.35. The maximum atomic E-state index is 13.5. The number of nitrogens with zero attached hydrogens (tertiary/aromatic N) is 3. The average Bonchev–Trinajstić information content (AvgIpc) is 3.70. The summed E-state index contributed by atoms with van der Waals surface area (Å²) < 4.78 is 34.5. The second-order valence-electron chi connectivity index (χ2n) is 13.4. The first-order valence-corrected chi connectivity index (χ1v) is 18.7. The summed E-state index contributed by atoms with van der Waals surface area (Å²) in [5.74, 6) is 1.28. The van der Waals surface area contributed by atoms with E-state index in [0.717, 1.165) is 43.6 Å². The summed E-state index contributed by atoms with van der Waals surface area (Å²) in [6, 6.07) is 21.8. The molecule has 5 aromatic rings. The average molecular weight is 788 g/mol. The van der Waals surface area contributed by atoms with Crippen LogP contribution in [0, 0.1) is 5.92 Å². The lowest BCUT2D eigenvalue weighted by Gasteiger charge is -2.43. The lowest BCUT2D eigenvalue weighted by Crippen LogP contribution is -2.52. The minimum absolute atomic E-state index is 0.0559. The molecular weight excluding hydrogens is 747 g/mol. The SMILES string of the molecule is COc1ccc([C@H](Cc2c(Cl)cncc2Cl)OC(=O)c2coc(COc3cccc([C@@H](NC(=O)O[C@H]4CN5CCC4CC5)c4ccccc4)c3)n2)cc1OC. The van der Waals surface area contributed by atoms with Crippen LogP contribution in [0.5, 0.6) is 17.2 Å². The number of alkyl carbamates (subject to hydrolysis) is 1. The number of esters is 1. The first-order valence-electron chi connectivity index (χ1n) is 17.9. The fraction of sp³-hybridized carbons (Fsp3) is 0.317. The normalized spacial score (nSPS) is 18.5. The molecule has 3 fully saturated rings. The van der Waals surface area contributed by atoms with Crippen molar-refractivity contribution in [3.8, 4) is 17.2 Å². The molecule has 2 aromatic heterocycles. The summed E-state index contributed by atoms with van der Waals surface area (Å²) >= 11 is 12.9. The topological polar surface area (TPSA) is 134 Å². The van der Waals surface area contributed by atoms with E-state index in [0.29, 0.717) is 44.3 Å². The van der Waals surface area contributed by atoms with Crippen LogP contribution in [-0.2, 0) is 22.5 Å². The van der Waals surface area contributed by atoms with Gasteiger partial charge in [-0.2, -0.15) is 0 Å². The van der Waals surface area contributed by atoms with Crippen LogP contribution in [0.25, 0.3) is 0 Å². The van der Waals surface area contributed by atoms with Gasteiger partial charge in [0.2, 0.25) is 5.89 Å². The van der Waals surface area contributed by atoms with Crippen LogP contribution in [0.3, 0.4) is 0 Å². The molecule has 5 heterocycles. The van der Waals surface area contributed by atoms with Crippen LogP contribution in [0.2, 0.25) is 10.0 Å². The van der Waals surface area contributed by atoms with E-state index in [2.05, 4.69) is 20.2 Å². The van der Waals surface area contributed by atoms with Crippen LogP contribution in [0.4, 0.5) is 4.79 Å². The Hall–Kier alpha value is -5.30. The van der Waals surface area contributed by atoms with Gasteiger partial charge in [-0.05, 0) is 78.4 Å². The highest BCUT2D eigenvalue weighted by Gasteiger charge is 2.37. The Kier molecular flexibility index (Phi) is 12.1. The first kappa shape index (κ1) is 38.0. The molecule has 12 nitrogen and oxygen atoms in total. The molecule has 8 rings (SSSR count). The fourth-order valence-electron chi connectivity index (χ4n) is 7.03. The molecule has 55 heavy (non-hydrogen) atoms. The molecule has 3 aliphatic rings. The maximum Gasteiger partial charge on any atom is 0.408 e. The van der Waals surface area contributed by atoms with Gasteiger partial charge in [0.15, 0.2) is 23.8 Å². The van der Waals surface area contributed by atoms with Gasteiger partial charge in [-0.3, -0.25) is 9.88 Å². The number of halogens is 2. The molecule has 1 amide bonds. The maximum absolute atomic E-state index is 13.5. The number of rotatable bonds is 14. The molecule has 3 aromatic carbocycles. The van der Waals surface area contributed by atoms with Crippen molar-refractivity contribution >= 4 is 35.3 Å². The summed E-state index contributed by atoms with van der Waals surface area (Å²) in [6.07, 6.45) is 4.97. The van der Waals surface area contributed by atoms with Crippen molar-refractivity contribution in [3.05, 3.63) is 135 Å². The number of benzene rings is 3. The molecule has 0 saturated carbocycles. The third-order valence-corrected chi connectivity index (χ3v) is 10.6. The standard InChI is InChI=1S/C41H40Cl2N4O8/c1-50-34-12-11-27(18-36(34)51-2)35(19-30-31(42)20-44-21-32(30)43)54-40(48)33-23-53-38(45-33)24-52-29-10-6-9-28(17-29)39(26-7-4-3-5-8-26)46-41(49)55-37-22-47-15-13-25(37)14-16-47/h3-12,17-18,20-21,23,25,35,37,39H,13-16,19,22,24H2,1-2H3,(H,46,49)/t35-,37-,39-/m0/s1. The Morgan fingerprint density at radius 3 is 2.36 bits per heavy atom. The molecule has 14 heteroatoms. The van der Waals surface area contributed by atoms with Crippen molar-refractivity contribution in [3.63, 3.8) is 0 Å². The highest BCUT2D eigenvalue weighted by atomic mass is 35.5. The van der Waals surface area contributed by atoms with Crippen LogP contribution in [-0.4, -0.2) is 66.9 Å². The monoisotopic (exact) mass is 786 g/mol. The van der Waals surface area contributed by atoms with Gasteiger partial charge in [0, 0.05) is 25.4 Å². The van der Waals surface area contributed by atoms with E-state index in [1.165, 1.54) is 32.9 Å². The third kappa shape index (κ3) is 9.16. The van der Waals surface area contributed by atoms with E-state index in [1.54, 1.807) is 24.3 Å². The van der Waals surface area contributed by atoms with E-state index in [1.807, 2.05) is 48.5 Å². The number of aromatic nitrogens is 2. The Labute approximate surface area is 328 Å². The zero-order chi connectivity index (χ0) is 38.3. The molecule has 0 spiro atoms. The van der Waals surface area contributed by atoms with E-state index in [-0.39, 0.29) is 30.7 Å². The second kappa shape index (κ2) is 17.4. The van der Waals surface area contributed by atoms with Crippen molar-refractivity contribution in [2.45, 2.75) is 44.1 Å². The van der Waals surface area contributed by atoms with Crippen molar-refractivity contribution in [1.29, 1.82) is 0 Å². The van der Waals surface area contributed by atoms with E-state index >= 15 is 0 Å². The van der Waals surface area contributed by atoms with Crippen LogP contribution < -0.4 is 19.5 Å². The van der Waals surface area contributed by atoms with Crippen molar-refractivity contribution in [2.24, 2.45) is 5.92 Å². The van der Waals surface area contributed by atoms with Crippen LogP contribution in [0.15, 0.2) is 95.9 Å². The molecule has 3 atom stereocenters. The number of pyridine rings is 1. The smallest absolute Gasteiger partial charge is 0.408 e. The van der Waals surface area contributed by atoms with Gasteiger partial charge in [-0.1, -0.05) is 71.7 Å². The predicted octanol–water partition coefficient (Wildman–Crippen LogP) is 8.02. The van der Waals surface area contributed by atoms with Crippen LogP contribution >= 0.6 is 23.2 Å². The van der Waals surface area contributed by atoms with E-state index in [9.17, 15) is 9.59 Å². The van der Waals surface area contributed by atoms with Gasteiger partial charge >= 0.3 is 12.1 Å². The molecule has 3 aliphatic heterocycles. The zero-order valence-electron chi connectivity index (χ0n) is 30.3. The first-order chi connectivity index (χ1) is 26.8. The summed E-state index contributed by atoms with van der Waals surface area (Å²) in [5, 5.41) is 3.74. The highest BCUT2D eigenvalue weighted by Crippen LogP contribution is 2.36. The number of hydrogen-bond donors (Lipinski definition) is 1. The Balaban J connectivity index is 1.03. The Morgan fingerprint density at radius 2 is 1.65 bits per heavy atom. The quantitative estimate of drug-likeness (QED) is 0.110. The number of methoxy groups -OCH3 is 2. The number of hydrogen-bond acceptors (Lipinski definition) is 11. The molecule has 1 N–H and O–H groups in total. The van der Waals surface area contributed by atoms with Gasteiger partial charge < -0.3 is 33.4 Å². The molecule has 3 saturated heterocycles. The summed E-state index contributed by atoms with van der Waals surface area (Å²) in [6.45, 7) is 2.81. The Bertz CT molecular complexity index is 2090. The summed E-state index contributed by atoms with van der Waals surface area (Å²) in [7, 11) is 3.05. The summed E-state index contributed by atoms with van der Waals surface area (Å²) in [5.41, 5.74) is 2.79. The van der Waals surface area contributed by atoms with Gasteiger partial charge in [0.1, 0.15) is 24.2 Å². The number of carbonyl (C=O) groups excluding carboxylic acids is 2. The predicted molar refractivity (Wildman–Crippen MR) is 204 cm³/mol. The number of carbonyl (C=O) groups is 2. The number of nitrogens with one attached hydrogen (secondary N) is 1. The Morgan fingerprint density at radius 1 is 0.909 bits per heavy atom. The van der Waals surface area contributed by atoms with Crippen LogP contribution in [0.1, 0.15) is 63.6 Å². The van der Waals surface area contributed by atoms with Crippen molar-refractivity contribution in [1.82, 2.24) is 20.2 Å². The molecule has 0 aliphatic carbocycles. The third-order valence-electron chi connectivity index (χ3n) is 9.93. The minimum Gasteiger partial charge on any atom is -0.493 e. The zero-order valence-corrected chi connectivity index (χ0v) is 31.8. The lowest BCUT2D eigenvalue weighted by molar-refractivity contribution is -0.0336.